The van der Waals surface area contributed by atoms with Crippen molar-refractivity contribution in [2.75, 3.05) is 14.2 Å². The SMILES string of the molecule is CCC(C)(C)OC.CO/C(=C\C(=O)C(C)(C)C)C(C)(C)C.[CH3][AlH][CH](C)C. The molecular formula is C22H47AlO3. The van der Waals surface area contributed by atoms with Gasteiger partial charge in [-0.3, -0.25) is 4.79 Å². The molecule has 0 heterocycles. The molecular weight excluding hydrogens is 339 g/mol. The van der Waals surface area contributed by atoms with Crippen molar-refractivity contribution in [3.05, 3.63) is 11.8 Å². The van der Waals surface area contributed by atoms with Crippen molar-refractivity contribution in [2.45, 2.75) is 98.7 Å². The minimum atomic E-state index is -0.338. The van der Waals surface area contributed by atoms with Gasteiger partial charge in [0.1, 0.15) is 5.76 Å². The third-order valence-corrected chi connectivity index (χ3v) is 5.81. The second kappa shape index (κ2) is 13.8. The lowest BCUT2D eigenvalue weighted by Gasteiger charge is -2.23. The maximum Gasteiger partial charge on any atom is 0.236 e. The van der Waals surface area contributed by atoms with Crippen LogP contribution in [0.1, 0.15) is 82.6 Å². The summed E-state index contributed by atoms with van der Waals surface area (Å²) in [6, 6.07) is 0. The molecule has 0 aromatic heterocycles. The Morgan fingerprint density at radius 1 is 0.962 bits per heavy atom. The van der Waals surface area contributed by atoms with E-state index in [-0.39, 0.29) is 22.2 Å². The lowest BCUT2D eigenvalue weighted by atomic mass is 9.87. The monoisotopic (exact) mass is 386 g/mol. The van der Waals surface area contributed by atoms with Crippen molar-refractivity contribution < 1.29 is 14.3 Å². The largest absolute Gasteiger partial charge is 0.500 e. The maximum atomic E-state index is 11.7. The Morgan fingerprint density at radius 3 is 1.46 bits per heavy atom. The van der Waals surface area contributed by atoms with Crippen LogP contribution in [-0.4, -0.2) is 40.8 Å². The molecule has 0 aromatic rings. The number of methoxy groups -OCH3 is 2. The molecule has 0 aliphatic heterocycles. The lowest BCUT2D eigenvalue weighted by Crippen LogP contribution is -2.21. The molecule has 0 rings (SSSR count). The zero-order valence-corrected chi connectivity index (χ0v) is 21.7. The fraction of sp³-hybridized carbons (Fsp3) is 0.864. The van der Waals surface area contributed by atoms with Crippen molar-refractivity contribution in [1.82, 2.24) is 0 Å². The topological polar surface area (TPSA) is 35.5 Å². The first-order valence-corrected chi connectivity index (χ1v) is 12.1. The van der Waals surface area contributed by atoms with E-state index in [0.717, 1.165) is 17.0 Å². The van der Waals surface area contributed by atoms with Crippen molar-refractivity contribution in [2.24, 2.45) is 10.8 Å². The van der Waals surface area contributed by atoms with Crippen molar-refractivity contribution in [3.8, 4) is 0 Å². The molecule has 4 heteroatoms. The van der Waals surface area contributed by atoms with Crippen LogP contribution in [0.4, 0.5) is 0 Å². The molecule has 3 nitrogen and oxygen atoms in total. The first-order chi connectivity index (χ1) is 11.5. The molecule has 0 saturated carbocycles. The van der Waals surface area contributed by atoms with E-state index in [1.807, 2.05) is 41.5 Å². The number of ketones is 1. The minimum absolute atomic E-state index is 0.0833. The third-order valence-electron chi connectivity index (χ3n) is 4.18. The van der Waals surface area contributed by atoms with Gasteiger partial charge < -0.3 is 9.47 Å². The number of ether oxygens (including phenoxy) is 2. The summed E-state index contributed by atoms with van der Waals surface area (Å²) in [5.74, 6) is 3.17. The Balaban J connectivity index is -0.000000366. The van der Waals surface area contributed by atoms with Gasteiger partial charge in [0, 0.05) is 24.0 Å². The van der Waals surface area contributed by atoms with E-state index in [9.17, 15) is 4.79 Å². The molecule has 0 atom stereocenters. The first-order valence-electron chi connectivity index (χ1n) is 9.84. The van der Waals surface area contributed by atoms with Gasteiger partial charge in [-0.2, -0.15) is 0 Å². The van der Waals surface area contributed by atoms with Gasteiger partial charge in [0.25, 0.3) is 0 Å². The summed E-state index contributed by atoms with van der Waals surface area (Å²) in [6.45, 7) is 22.6. The second-order valence-electron chi connectivity index (χ2n) is 9.70. The number of allylic oxidation sites excluding steroid dienone is 2. The molecule has 0 aliphatic carbocycles. The average molecular weight is 387 g/mol. The summed E-state index contributed by atoms with van der Waals surface area (Å²) in [5, 5.41) is 0. The Bertz CT molecular complexity index is 391. The normalized spacial score (nSPS) is 12.5. The van der Waals surface area contributed by atoms with Crippen molar-refractivity contribution >= 4 is 21.0 Å². The second-order valence-corrected chi connectivity index (χ2v) is 12.1. The van der Waals surface area contributed by atoms with Gasteiger partial charge in [-0.05, 0) is 20.3 Å². The molecule has 0 N–H and O–H groups in total. The summed E-state index contributed by atoms with van der Waals surface area (Å²) >= 11 is 0.349. The first kappa shape index (κ1) is 30.4. The molecule has 0 spiro atoms. The van der Waals surface area contributed by atoms with Crippen LogP contribution < -0.4 is 0 Å². The van der Waals surface area contributed by atoms with Gasteiger partial charge in [-0.1, -0.05) is 67.1 Å². The molecule has 0 aliphatic rings. The summed E-state index contributed by atoms with van der Waals surface area (Å²) in [7, 11) is 3.34. The van der Waals surface area contributed by atoms with Crippen LogP contribution in [-0.2, 0) is 14.3 Å². The van der Waals surface area contributed by atoms with E-state index < -0.39 is 0 Å². The molecule has 26 heavy (non-hydrogen) atoms. The fourth-order valence-corrected chi connectivity index (χ4v) is 1.06. The molecule has 0 amide bonds. The summed E-state index contributed by atoms with van der Waals surface area (Å²) < 4.78 is 11.3. The minimum Gasteiger partial charge on any atom is -0.500 e. The van der Waals surface area contributed by atoms with Crippen LogP contribution in [0.2, 0.25) is 10.6 Å². The molecule has 0 bridgehead atoms. The van der Waals surface area contributed by atoms with Gasteiger partial charge in [0.15, 0.2) is 5.78 Å². The van der Waals surface area contributed by atoms with Crippen LogP contribution in [0.25, 0.3) is 0 Å². The van der Waals surface area contributed by atoms with Gasteiger partial charge in [-0.15, -0.1) is 5.79 Å². The van der Waals surface area contributed by atoms with E-state index in [1.165, 1.54) is 0 Å². The van der Waals surface area contributed by atoms with Gasteiger partial charge in [0.05, 0.1) is 12.7 Å². The molecule has 0 saturated heterocycles. The lowest BCUT2D eigenvalue weighted by molar-refractivity contribution is -0.121. The van der Waals surface area contributed by atoms with Gasteiger partial charge in [-0.25, -0.2) is 0 Å². The zero-order valence-electron chi connectivity index (χ0n) is 20.3. The Morgan fingerprint density at radius 2 is 1.35 bits per heavy atom. The Hall–Kier alpha value is -0.298. The number of hydrogen-bond donors (Lipinski definition) is 0. The number of carbonyl (C=O) groups excluding carboxylic acids is 1. The zero-order chi connectivity index (χ0) is 21.8. The summed E-state index contributed by atoms with van der Waals surface area (Å²) in [4.78, 5) is 11.7. The van der Waals surface area contributed by atoms with E-state index in [1.54, 1.807) is 20.3 Å². The van der Waals surface area contributed by atoms with Crippen LogP contribution in [0.15, 0.2) is 11.8 Å². The van der Waals surface area contributed by atoms with Crippen LogP contribution in [0.3, 0.4) is 0 Å². The Labute approximate surface area is 171 Å². The fourth-order valence-electron chi connectivity index (χ4n) is 1.06. The number of carbonyl (C=O) groups is 1. The van der Waals surface area contributed by atoms with E-state index in [2.05, 4.69) is 40.4 Å². The molecule has 0 fully saturated rings. The smallest absolute Gasteiger partial charge is 0.236 e. The highest BCUT2D eigenvalue weighted by atomic mass is 27.1. The maximum absolute atomic E-state index is 11.7. The van der Waals surface area contributed by atoms with Gasteiger partial charge in [0.2, 0.25) is 15.2 Å². The molecule has 0 radical (unpaired) electrons. The Kier molecular flexibility index (Phi) is 16.2. The van der Waals surface area contributed by atoms with E-state index in [0.29, 0.717) is 15.2 Å². The molecule has 156 valence electrons. The van der Waals surface area contributed by atoms with E-state index in [4.69, 9.17) is 9.47 Å². The molecule has 0 unspecified atom stereocenters. The number of hydrogen-bond acceptors (Lipinski definition) is 3. The van der Waals surface area contributed by atoms with Crippen LogP contribution >= 0.6 is 0 Å². The summed E-state index contributed by atoms with van der Waals surface area (Å²) in [5.41, 5.74) is -0.370. The highest BCUT2D eigenvalue weighted by Crippen LogP contribution is 2.27. The summed E-state index contributed by atoms with van der Waals surface area (Å²) in [6.07, 6.45) is 2.68. The number of rotatable bonds is 5. The van der Waals surface area contributed by atoms with Crippen LogP contribution in [0, 0.1) is 10.8 Å². The third kappa shape index (κ3) is 18.5. The highest BCUT2D eigenvalue weighted by molar-refractivity contribution is 6.35. The van der Waals surface area contributed by atoms with Gasteiger partial charge >= 0.3 is 0 Å². The standard InChI is InChI=1S/C12H22O2.C6H14O.C3H7.CH3.Al.H/c1-11(2,3)9(13)8-10(14-7)12(4,5)6;1-5-6(2,3)7-4;1-3-2;;;/h8H,1-7H3;5H2,1-4H3;3H,1-2H3;1H3;;/b10-8-;;;;;. The van der Waals surface area contributed by atoms with E-state index >= 15 is 0 Å². The highest BCUT2D eigenvalue weighted by Gasteiger charge is 2.24. The predicted molar refractivity (Wildman–Crippen MR) is 118 cm³/mol. The molecule has 0 aromatic carbocycles. The van der Waals surface area contributed by atoms with Crippen molar-refractivity contribution in [3.63, 3.8) is 0 Å². The van der Waals surface area contributed by atoms with Crippen LogP contribution in [0.5, 0.6) is 0 Å². The average Bonchev–Trinajstić information content (AvgIpc) is 2.51. The quantitative estimate of drug-likeness (QED) is 0.316. The predicted octanol–water partition coefficient (Wildman–Crippen LogP) is 6.30. The van der Waals surface area contributed by atoms with Crippen molar-refractivity contribution in [1.29, 1.82) is 0 Å².